The van der Waals surface area contributed by atoms with Crippen molar-refractivity contribution in [2.45, 2.75) is 26.9 Å². The Hall–Kier alpha value is -5.08. The van der Waals surface area contributed by atoms with Gasteiger partial charge < -0.3 is 20.4 Å². The van der Waals surface area contributed by atoms with Gasteiger partial charge in [0.25, 0.3) is 0 Å². The van der Waals surface area contributed by atoms with Gasteiger partial charge in [-0.1, -0.05) is 30.3 Å². The summed E-state index contributed by atoms with van der Waals surface area (Å²) in [6.45, 7) is 5.11. The Kier molecular flexibility index (Phi) is 7.62. The van der Waals surface area contributed by atoms with Gasteiger partial charge in [0.15, 0.2) is 5.82 Å². The van der Waals surface area contributed by atoms with Crippen LogP contribution in [0.3, 0.4) is 0 Å². The van der Waals surface area contributed by atoms with Crippen molar-refractivity contribution in [3.63, 3.8) is 0 Å². The van der Waals surface area contributed by atoms with Crippen LogP contribution in [0.5, 0.6) is 5.75 Å². The molecule has 42 heavy (non-hydrogen) atoms. The van der Waals surface area contributed by atoms with E-state index >= 15 is 4.39 Å². The highest BCUT2D eigenvalue weighted by molar-refractivity contribution is 5.89. The number of aromatic nitrogens is 4. The number of halogens is 1. The van der Waals surface area contributed by atoms with Crippen molar-refractivity contribution in [1.82, 2.24) is 25.3 Å². The van der Waals surface area contributed by atoms with E-state index in [1.807, 2.05) is 54.7 Å². The number of hydrogen-bond donors (Lipinski definition) is 3. The lowest BCUT2D eigenvalue weighted by atomic mass is 9.90. The summed E-state index contributed by atoms with van der Waals surface area (Å²) in [6.07, 6.45) is 6.93. The summed E-state index contributed by atoms with van der Waals surface area (Å²) in [5.74, 6) is 0.861. The number of ether oxygens (including phenoxy) is 1. The van der Waals surface area contributed by atoms with Crippen molar-refractivity contribution in [2.75, 3.05) is 12.4 Å². The molecule has 0 amide bonds. The number of hydrogen-bond acceptors (Lipinski definition) is 6. The first kappa shape index (κ1) is 27.1. The number of methoxy groups -OCH3 is 1. The van der Waals surface area contributed by atoms with Crippen LogP contribution in [0.25, 0.3) is 33.3 Å². The van der Waals surface area contributed by atoms with Crippen LogP contribution in [-0.4, -0.2) is 27.0 Å². The third kappa shape index (κ3) is 5.32. The fraction of sp³-hybridized carbons (Fsp3) is 0.147. The second kappa shape index (κ2) is 11.8. The standard InChI is InChI=1S/C34H31FN6O/c1-21-25(23-17-29(35)28(32(18-23)42-3)20-36-19-24-7-6-13-37-24)8-4-9-26(21)27-10-5-11-30(22(27)2)41-34-33-31(12-14-40-34)38-15-16-39-33/h4-18,36-37H,19-20H2,1-3H3,(H,40,41). The zero-order valence-electron chi connectivity index (χ0n) is 23.7. The molecular weight excluding hydrogens is 527 g/mol. The van der Waals surface area contributed by atoms with E-state index in [4.69, 9.17) is 4.74 Å². The van der Waals surface area contributed by atoms with Crippen molar-refractivity contribution in [3.8, 4) is 28.0 Å². The lowest BCUT2D eigenvalue weighted by Gasteiger charge is -2.18. The average Bonchev–Trinajstić information content (AvgIpc) is 3.53. The van der Waals surface area contributed by atoms with Gasteiger partial charge in [-0.25, -0.2) is 14.4 Å². The minimum atomic E-state index is -0.304. The van der Waals surface area contributed by atoms with Gasteiger partial charge in [-0.3, -0.25) is 4.98 Å². The second-order valence-corrected chi connectivity index (χ2v) is 10.1. The van der Waals surface area contributed by atoms with Gasteiger partial charge in [0.2, 0.25) is 0 Å². The summed E-state index contributed by atoms with van der Waals surface area (Å²) in [5.41, 5.74) is 9.91. The van der Waals surface area contributed by atoms with E-state index in [0.29, 0.717) is 35.7 Å². The summed E-state index contributed by atoms with van der Waals surface area (Å²) in [6, 6.07) is 21.6. The molecule has 0 spiro atoms. The quantitative estimate of drug-likeness (QED) is 0.170. The Morgan fingerprint density at radius 2 is 1.60 bits per heavy atom. The third-order valence-corrected chi connectivity index (χ3v) is 7.56. The molecule has 0 fully saturated rings. The second-order valence-electron chi connectivity index (χ2n) is 10.1. The molecule has 0 unspecified atom stereocenters. The van der Waals surface area contributed by atoms with Gasteiger partial charge in [-0.2, -0.15) is 0 Å². The van der Waals surface area contributed by atoms with Gasteiger partial charge in [0.1, 0.15) is 17.1 Å². The maximum Gasteiger partial charge on any atom is 0.158 e. The molecule has 0 aliphatic carbocycles. The molecule has 3 heterocycles. The summed E-state index contributed by atoms with van der Waals surface area (Å²) in [5, 5.41) is 6.75. The highest BCUT2D eigenvalue weighted by Gasteiger charge is 2.17. The van der Waals surface area contributed by atoms with Crippen LogP contribution in [-0.2, 0) is 13.1 Å². The lowest BCUT2D eigenvalue weighted by Crippen LogP contribution is -2.15. The molecule has 0 saturated heterocycles. The number of anilines is 2. The fourth-order valence-corrected chi connectivity index (χ4v) is 5.34. The fourth-order valence-electron chi connectivity index (χ4n) is 5.34. The number of fused-ring (bicyclic) bond motifs is 1. The summed E-state index contributed by atoms with van der Waals surface area (Å²) >= 11 is 0. The van der Waals surface area contributed by atoms with E-state index in [-0.39, 0.29) is 5.82 Å². The zero-order chi connectivity index (χ0) is 29.1. The summed E-state index contributed by atoms with van der Waals surface area (Å²) < 4.78 is 21.1. The summed E-state index contributed by atoms with van der Waals surface area (Å²) in [4.78, 5) is 16.5. The average molecular weight is 559 g/mol. The normalized spacial score (nSPS) is 11.1. The highest BCUT2D eigenvalue weighted by atomic mass is 19.1. The van der Waals surface area contributed by atoms with E-state index in [2.05, 4.69) is 56.5 Å². The molecule has 0 atom stereocenters. The van der Waals surface area contributed by atoms with Crippen LogP contribution in [0.4, 0.5) is 15.9 Å². The monoisotopic (exact) mass is 558 g/mol. The number of aromatic amines is 1. The van der Waals surface area contributed by atoms with Crippen molar-refractivity contribution >= 4 is 22.5 Å². The minimum Gasteiger partial charge on any atom is -0.496 e. The summed E-state index contributed by atoms with van der Waals surface area (Å²) in [7, 11) is 1.58. The molecule has 0 radical (unpaired) electrons. The van der Waals surface area contributed by atoms with Gasteiger partial charge in [0, 0.05) is 54.8 Å². The smallest absolute Gasteiger partial charge is 0.158 e. The Bertz CT molecular complexity index is 1860. The molecule has 210 valence electrons. The molecule has 0 aliphatic rings. The molecule has 0 bridgehead atoms. The Morgan fingerprint density at radius 3 is 2.40 bits per heavy atom. The topological polar surface area (TPSA) is 87.8 Å². The van der Waals surface area contributed by atoms with Crippen LogP contribution in [0.2, 0.25) is 0 Å². The lowest BCUT2D eigenvalue weighted by molar-refractivity contribution is 0.402. The SMILES string of the molecule is COc1cc(-c2cccc(-c3cccc(Nc4nccc5nccnc45)c3C)c2C)cc(F)c1CNCc1ccc[nH]1. The van der Waals surface area contributed by atoms with Crippen molar-refractivity contribution < 1.29 is 9.13 Å². The van der Waals surface area contributed by atoms with E-state index in [1.54, 1.807) is 31.8 Å². The molecule has 7 nitrogen and oxygen atoms in total. The third-order valence-electron chi connectivity index (χ3n) is 7.56. The number of pyridine rings is 1. The van der Waals surface area contributed by atoms with Crippen molar-refractivity contribution in [2.24, 2.45) is 0 Å². The van der Waals surface area contributed by atoms with Crippen molar-refractivity contribution in [3.05, 3.63) is 120 Å². The number of benzene rings is 3. The molecular formula is C34H31FN6O. The Labute approximate surface area is 243 Å². The number of H-pyrrole nitrogens is 1. The molecule has 0 saturated carbocycles. The van der Waals surface area contributed by atoms with Gasteiger partial charge in [0.05, 0.1) is 12.6 Å². The van der Waals surface area contributed by atoms with E-state index < -0.39 is 0 Å². The van der Waals surface area contributed by atoms with Crippen molar-refractivity contribution in [1.29, 1.82) is 0 Å². The first-order valence-electron chi connectivity index (χ1n) is 13.8. The highest BCUT2D eigenvalue weighted by Crippen LogP contribution is 2.38. The molecule has 3 aromatic heterocycles. The van der Waals surface area contributed by atoms with Crippen LogP contribution < -0.4 is 15.4 Å². The molecule has 6 rings (SSSR count). The zero-order valence-corrected chi connectivity index (χ0v) is 23.7. The first-order chi connectivity index (χ1) is 20.5. The molecule has 3 aromatic carbocycles. The maximum atomic E-state index is 15.5. The van der Waals surface area contributed by atoms with E-state index in [0.717, 1.165) is 50.3 Å². The minimum absolute atomic E-state index is 0.304. The largest absolute Gasteiger partial charge is 0.496 e. The molecule has 6 aromatic rings. The Morgan fingerprint density at radius 1 is 0.810 bits per heavy atom. The van der Waals surface area contributed by atoms with Crippen LogP contribution in [0.15, 0.2) is 91.5 Å². The van der Waals surface area contributed by atoms with Gasteiger partial charge in [-0.05, 0) is 83.6 Å². The molecule has 3 N–H and O–H groups in total. The van der Waals surface area contributed by atoms with Gasteiger partial charge >= 0.3 is 0 Å². The number of nitrogens with one attached hydrogen (secondary N) is 3. The first-order valence-corrected chi connectivity index (χ1v) is 13.8. The maximum absolute atomic E-state index is 15.5. The van der Waals surface area contributed by atoms with Crippen LogP contribution in [0.1, 0.15) is 22.4 Å². The Balaban J connectivity index is 1.32. The van der Waals surface area contributed by atoms with Crippen LogP contribution >= 0.6 is 0 Å². The number of nitrogens with zero attached hydrogens (tertiary/aromatic N) is 3. The van der Waals surface area contributed by atoms with E-state index in [1.165, 1.54) is 0 Å². The number of rotatable bonds is 9. The predicted molar refractivity (Wildman–Crippen MR) is 165 cm³/mol. The van der Waals surface area contributed by atoms with Gasteiger partial charge in [-0.15, -0.1) is 0 Å². The predicted octanol–water partition coefficient (Wildman–Crippen LogP) is 7.48. The molecule has 0 aliphatic heterocycles. The van der Waals surface area contributed by atoms with Crippen LogP contribution in [0, 0.1) is 19.7 Å². The molecule has 8 heteroatoms. The van der Waals surface area contributed by atoms with E-state index in [9.17, 15) is 0 Å².